The van der Waals surface area contributed by atoms with Gasteiger partial charge in [0.25, 0.3) is 0 Å². The summed E-state index contributed by atoms with van der Waals surface area (Å²) in [6.45, 7) is 2.85. The number of carbonyl (C=O) groups is 3. The number of carboxylic acid groups (broad SMARTS) is 1. The quantitative estimate of drug-likeness (QED) is 0.0230. The molecule has 366 valence electrons. The Morgan fingerprint density at radius 1 is 0.484 bits per heavy atom. The molecule has 0 fully saturated rings. The van der Waals surface area contributed by atoms with Crippen molar-refractivity contribution < 1.29 is 47.5 Å². The lowest BCUT2D eigenvalue weighted by molar-refractivity contribution is -0.161. The van der Waals surface area contributed by atoms with E-state index < -0.39 is 51.1 Å². The van der Waals surface area contributed by atoms with Crippen molar-refractivity contribution >= 4 is 25.7 Å². The van der Waals surface area contributed by atoms with Gasteiger partial charge in [-0.15, -0.1) is 0 Å². The van der Waals surface area contributed by atoms with Gasteiger partial charge in [-0.25, -0.2) is 4.57 Å². The highest BCUT2D eigenvalue weighted by atomic mass is 31.2. The summed E-state index contributed by atoms with van der Waals surface area (Å²) in [4.78, 5) is 46.2. The van der Waals surface area contributed by atoms with Crippen molar-refractivity contribution in [2.45, 2.75) is 270 Å². The Bertz CT molecular complexity index is 1110. The fourth-order valence-corrected chi connectivity index (χ4v) is 8.25. The molecule has 12 heteroatoms. The molecule has 0 aliphatic rings. The lowest BCUT2D eigenvalue weighted by atomic mass is 10.0. The Labute approximate surface area is 379 Å². The molecule has 0 aromatic heterocycles. The molecule has 62 heavy (non-hydrogen) atoms. The van der Waals surface area contributed by atoms with Crippen molar-refractivity contribution in [2.75, 3.05) is 19.8 Å². The second kappa shape index (κ2) is 45.8. The molecular weight excluding hydrogens is 806 g/mol. The van der Waals surface area contributed by atoms with Crippen LogP contribution in [0.4, 0.5) is 0 Å². The monoisotopic (exact) mass is 902 g/mol. The number of rotatable bonds is 49. The number of carboxylic acids is 1. The van der Waals surface area contributed by atoms with Crippen LogP contribution in [0.5, 0.6) is 0 Å². The molecule has 3 atom stereocenters. The van der Waals surface area contributed by atoms with Crippen molar-refractivity contribution in [1.29, 1.82) is 0 Å². The van der Waals surface area contributed by atoms with Gasteiger partial charge in [0.05, 0.1) is 13.2 Å². The van der Waals surface area contributed by atoms with Crippen LogP contribution in [0.15, 0.2) is 12.2 Å². The number of aliphatic carboxylic acids is 1. The Morgan fingerprint density at radius 3 is 1.18 bits per heavy atom. The number of hydrogen-bond donors (Lipinski definition) is 3. The minimum atomic E-state index is -4.72. The van der Waals surface area contributed by atoms with Gasteiger partial charge >= 0.3 is 25.7 Å². The number of carbonyl (C=O) groups excluding carboxylic acids is 2. The number of allylic oxidation sites excluding steroid dienone is 2. The van der Waals surface area contributed by atoms with E-state index in [1.807, 2.05) is 0 Å². The van der Waals surface area contributed by atoms with Crippen LogP contribution in [0.25, 0.3) is 0 Å². The summed E-state index contributed by atoms with van der Waals surface area (Å²) < 4.78 is 32.9. The third kappa shape index (κ3) is 44.8. The van der Waals surface area contributed by atoms with E-state index >= 15 is 0 Å². The highest BCUT2D eigenvalue weighted by Crippen LogP contribution is 2.43. The van der Waals surface area contributed by atoms with Gasteiger partial charge in [0.15, 0.2) is 6.10 Å². The molecule has 0 aromatic rings. The van der Waals surface area contributed by atoms with Crippen LogP contribution in [-0.4, -0.2) is 59.9 Å². The first-order valence-corrected chi connectivity index (χ1v) is 27.2. The molecule has 0 heterocycles. The zero-order chi connectivity index (χ0) is 45.6. The zero-order valence-corrected chi connectivity index (χ0v) is 40.9. The maximum atomic E-state index is 12.7. The molecule has 0 bridgehead atoms. The number of phosphoric ester groups is 1. The van der Waals surface area contributed by atoms with Crippen LogP contribution in [0.1, 0.15) is 258 Å². The number of hydrogen-bond acceptors (Lipinski definition) is 9. The topological polar surface area (TPSA) is 172 Å². The van der Waals surface area contributed by atoms with Crippen molar-refractivity contribution in [3.05, 3.63) is 12.2 Å². The lowest BCUT2D eigenvalue weighted by Crippen LogP contribution is -2.34. The number of nitrogens with two attached hydrogens (primary N) is 1. The maximum Gasteiger partial charge on any atom is 0.472 e. The summed E-state index contributed by atoms with van der Waals surface area (Å²) in [6.07, 6.45) is 48.4. The van der Waals surface area contributed by atoms with Gasteiger partial charge < -0.3 is 25.2 Å². The van der Waals surface area contributed by atoms with Gasteiger partial charge in [0.2, 0.25) is 0 Å². The van der Waals surface area contributed by atoms with E-state index in [2.05, 4.69) is 30.5 Å². The summed E-state index contributed by atoms with van der Waals surface area (Å²) >= 11 is 0. The molecule has 11 nitrogen and oxygen atoms in total. The van der Waals surface area contributed by atoms with Crippen molar-refractivity contribution in [2.24, 2.45) is 5.73 Å². The normalized spacial score (nSPS) is 13.6. The van der Waals surface area contributed by atoms with E-state index in [9.17, 15) is 23.8 Å². The van der Waals surface area contributed by atoms with Crippen molar-refractivity contribution in [3.8, 4) is 0 Å². The van der Waals surface area contributed by atoms with Gasteiger partial charge in [-0.3, -0.25) is 23.4 Å². The van der Waals surface area contributed by atoms with E-state index in [0.717, 1.165) is 44.9 Å². The second-order valence-electron chi connectivity index (χ2n) is 17.7. The minimum absolute atomic E-state index is 0.167. The first-order valence-electron chi connectivity index (χ1n) is 25.7. The fourth-order valence-electron chi connectivity index (χ4n) is 7.47. The second-order valence-corrected chi connectivity index (χ2v) is 19.1. The van der Waals surface area contributed by atoms with E-state index in [0.29, 0.717) is 12.8 Å². The predicted octanol–water partition coefficient (Wildman–Crippen LogP) is 14.4. The van der Waals surface area contributed by atoms with Gasteiger partial charge in [0.1, 0.15) is 12.6 Å². The highest BCUT2D eigenvalue weighted by molar-refractivity contribution is 7.47. The number of ether oxygens (including phenoxy) is 2. The first-order chi connectivity index (χ1) is 30.1. The summed E-state index contributed by atoms with van der Waals surface area (Å²) in [5, 5.41) is 8.92. The fraction of sp³-hybridized carbons (Fsp3) is 0.900. The summed E-state index contributed by atoms with van der Waals surface area (Å²) in [5.41, 5.74) is 5.35. The molecule has 0 aromatic carbocycles. The first kappa shape index (κ1) is 60.2. The Balaban J connectivity index is 4.21. The van der Waals surface area contributed by atoms with Crippen LogP contribution in [0.3, 0.4) is 0 Å². The maximum absolute atomic E-state index is 12.7. The average Bonchev–Trinajstić information content (AvgIpc) is 3.25. The van der Waals surface area contributed by atoms with Gasteiger partial charge in [-0.05, 0) is 38.5 Å². The van der Waals surface area contributed by atoms with Crippen LogP contribution in [-0.2, 0) is 37.5 Å². The molecule has 0 saturated carbocycles. The third-order valence-corrected chi connectivity index (χ3v) is 12.5. The molecule has 0 saturated heterocycles. The smallest absolute Gasteiger partial charge is 0.472 e. The lowest BCUT2D eigenvalue weighted by Gasteiger charge is -2.20. The van der Waals surface area contributed by atoms with Crippen LogP contribution < -0.4 is 5.73 Å². The summed E-state index contributed by atoms with van der Waals surface area (Å²) in [6, 6.07) is -1.52. The molecule has 1 unspecified atom stereocenters. The Morgan fingerprint density at radius 2 is 0.806 bits per heavy atom. The van der Waals surface area contributed by atoms with Crippen molar-refractivity contribution in [1.82, 2.24) is 0 Å². The highest BCUT2D eigenvalue weighted by Gasteiger charge is 2.28. The van der Waals surface area contributed by atoms with E-state index in [1.165, 1.54) is 173 Å². The Hall–Kier alpha value is -1.78. The predicted molar refractivity (Wildman–Crippen MR) is 254 cm³/mol. The average molecular weight is 902 g/mol. The van der Waals surface area contributed by atoms with Crippen LogP contribution in [0, 0.1) is 0 Å². The molecule has 0 rings (SSSR count). The van der Waals surface area contributed by atoms with Crippen LogP contribution in [0.2, 0.25) is 0 Å². The molecule has 0 radical (unpaired) electrons. The summed E-state index contributed by atoms with van der Waals surface area (Å²) in [5.74, 6) is -2.36. The molecule has 0 aliphatic carbocycles. The molecular formula is C50H96NO10P. The molecule has 0 aliphatic heterocycles. The Kier molecular flexibility index (Phi) is 44.5. The van der Waals surface area contributed by atoms with Gasteiger partial charge in [-0.1, -0.05) is 219 Å². The zero-order valence-electron chi connectivity index (χ0n) is 40.0. The molecule has 0 amide bonds. The molecule has 4 N–H and O–H groups in total. The van der Waals surface area contributed by atoms with Gasteiger partial charge in [0, 0.05) is 12.8 Å². The van der Waals surface area contributed by atoms with Gasteiger partial charge in [-0.2, -0.15) is 0 Å². The molecule has 0 spiro atoms. The standard InChI is InChI=1S/C50H96NO10P/c1-3-5-7-9-11-13-15-17-19-21-22-23-24-26-28-30-32-34-36-38-40-42-49(53)61-46(44-59-62(56,57)60-45-47(51)50(54)55)43-58-48(52)41-39-37-35-33-31-29-27-25-20-18-16-14-12-10-8-6-4-2/h18,20,46-47H,3-17,19,21-45,51H2,1-2H3,(H,54,55)(H,56,57)/b20-18+/t46-,47+/m1/s1. The minimum Gasteiger partial charge on any atom is -0.480 e. The van der Waals surface area contributed by atoms with E-state index in [1.54, 1.807) is 0 Å². The summed E-state index contributed by atoms with van der Waals surface area (Å²) in [7, 11) is -4.72. The number of phosphoric acid groups is 1. The van der Waals surface area contributed by atoms with Crippen LogP contribution >= 0.6 is 7.82 Å². The van der Waals surface area contributed by atoms with E-state index in [4.69, 9.17) is 24.8 Å². The van der Waals surface area contributed by atoms with Crippen molar-refractivity contribution in [3.63, 3.8) is 0 Å². The van der Waals surface area contributed by atoms with E-state index in [-0.39, 0.29) is 19.4 Å². The number of unbranched alkanes of at least 4 members (excludes halogenated alkanes) is 33. The largest absolute Gasteiger partial charge is 0.480 e. The third-order valence-electron chi connectivity index (χ3n) is 11.5. The SMILES string of the molecule is CCCCCCCC/C=C/CCCCCCCCCC(=O)OC[C@H](COP(=O)(O)OC[C@H](N)C(=O)O)OC(=O)CCCCCCCCCCCCCCCCCCCCCCC. The number of esters is 2.